The number of unbranched alkanes of at least 4 members (excludes halogenated alkanes) is 1. The summed E-state index contributed by atoms with van der Waals surface area (Å²) < 4.78 is 0.930. The predicted octanol–water partition coefficient (Wildman–Crippen LogP) is -1.48. The maximum atomic E-state index is 13.5. The molecule has 0 saturated heterocycles. The van der Waals surface area contributed by atoms with Gasteiger partial charge in [-0.2, -0.15) is 0 Å². The molecule has 0 aromatic carbocycles. The van der Waals surface area contributed by atoms with Gasteiger partial charge in [0.15, 0.2) is 0 Å². The molecule has 0 saturated carbocycles. The Balaban J connectivity index is 1.40. The number of nitrogens with zero attached hydrogens (tertiary/aromatic N) is 6. The van der Waals surface area contributed by atoms with E-state index in [1.807, 2.05) is 0 Å². The first-order valence-corrected chi connectivity index (χ1v) is 16.9. The Bertz CT molecular complexity index is 2060. The van der Waals surface area contributed by atoms with Crippen molar-refractivity contribution in [3.05, 3.63) is 92.8 Å². The van der Waals surface area contributed by atoms with Crippen LogP contribution in [-0.4, -0.2) is 136 Å². The molecule has 0 aliphatic carbocycles. The van der Waals surface area contributed by atoms with Gasteiger partial charge in [0.05, 0.1) is 22.3 Å². The number of hydrogen-bond donors (Lipinski definition) is 6. The van der Waals surface area contributed by atoms with Crippen LogP contribution in [0.4, 0.5) is 0 Å². The highest BCUT2D eigenvalue weighted by atomic mass is 16.5. The third kappa shape index (κ3) is 9.92. The largest absolute Gasteiger partial charge is 0.438 e. The Hall–Kier alpha value is -6.86. The van der Waals surface area contributed by atoms with Gasteiger partial charge in [-0.05, 0) is 37.8 Å². The van der Waals surface area contributed by atoms with Crippen LogP contribution in [0.1, 0.15) is 59.5 Å². The van der Waals surface area contributed by atoms with E-state index in [4.69, 9.17) is 0 Å². The van der Waals surface area contributed by atoms with Crippen LogP contribution in [0.2, 0.25) is 0 Å². The highest BCUT2D eigenvalue weighted by Gasteiger charge is 2.34. The van der Waals surface area contributed by atoms with Crippen molar-refractivity contribution in [2.75, 3.05) is 39.3 Å². The van der Waals surface area contributed by atoms with E-state index in [1.54, 1.807) is 0 Å². The van der Waals surface area contributed by atoms with E-state index in [-0.39, 0.29) is 120 Å². The molecule has 2 aliphatic rings. The zero-order valence-corrected chi connectivity index (χ0v) is 29.0. The fourth-order valence-corrected chi connectivity index (χ4v) is 5.44. The van der Waals surface area contributed by atoms with Crippen molar-refractivity contribution in [1.29, 1.82) is 0 Å². The normalized spacial score (nSPS) is 13.9. The van der Waals surface area contributed by atoms with Crippen LogP contribution in [0.3, 0.4) is 0 Å². The third-order valence-corrected chi connectivity index (χ3v) is 8.29. The molecule has 286 valence electrons. The minimum Gasteiger partial charge on any atom is -0.425 e. The molecule has 0 unspecified atom stereocenters. The molecular weight excluding hydrogens is 712 g/mol. The number of rotatable bonds is 17. The summed E-state index contributed by atoms with van der Waals surface area (Å²) in [6.45, 7) is 0.230. The van der Waals surface area contributed by atoms with Gasteiger partial charge in [0.25, 0.3) is 22.9 Å². The van der Waals surface area contributed by atoms with E-state index in [1.165, 1.54) is 58.4 Å². The van der Waals surface area contributed by atoms with Gasteiger partial charge in [-0.15, -0.1) is 9.46 Å². The fourth-order valence-electron chi connectivity index (χ4n) is 5.44. The van der Waals surface area contributed by atoms with Gasteiger partial charge >= 0.3 is 35.1 Å². The lowest BCUT2D eigenvalue weighted by molar-refractivity contribution is -0.704. The maximum absolute atomic E-state index is 13.5. The average Bonchev–Trinajstić information content (AvgIpc) is 3.15. The summed E-state index contributed by atoms with van der Waals surface area (Å²) in [5.74, 6) is -4.24. The number of aromatic nitrogens is 2. The number of amides is 6. The summed E-state index contributed by atoms with van der Waals surface area (Å²) in [4.78, 5) is 102. The number of pyridine rings is 2. The van der Waals surface area contributed by atoms with Crippen molar-refractivity contribution in [3.8, 4) is 0 Å². The van der Waals surface area contributed by atoms with Crippen molar-refractivity contribution >= 4 is 46.9 Å². The van der Waals surface area contributed by atoms with Crippen LogP contribution in [0.25, 0.3) is 0 Å². The van der Waals surface area contributed by atoms with Crippen LogP contribution in [0, 0.1) is 0 Å². The van der Waals surface area contributed by atoms with E-state index < -0.39 is 46.6 Å². The second-order valence-electron chi connectivity index (χ2n) is 12.0. The second kappa shape index (κ2) is 18.6. The maximum Gasteiger partial charge on any atom is 0.438 e. The molecule has 0 atom stereocenters. The van der Waals surface area contributed by atoms with E-state index in [0.717, 1.165) is 12.1 Å². The van der Waals surface area contributed by atoms with Crippen LogP contribution in [0.5, 0.6) is 0 Å². The van der Waals surface area contributed by atoms with E-state index in [9.17, 15) is 59.2 Å². The summed E-state index contributed by atoms with van der Waals surface area (Å²) in [5, 5.41) is 45.3. The molecule has 20 nitrogen and oxygen atoms in total. The molecule has 6 amide bonds. The molecule has 0 radical (unpaired) electrons. The standard InChI is InChI=1S/C34H38N8O12/c43-27-13-3-9-23(39(27)51)31(47)35-17-7-21-37(33(49)25-11-5-15-29(45)41(25)53)19-1-2-20-38(34(50)26-12-6-16-30(46)42(26)54)22-8-18-36-32(48)24-10-4-14-28(44)40(24)52/h3-6,9-13,16,51,54H,1-2,7-8,14-15,17-22H2,(H2-2,35,36,47,48,49,52,53)/p+2. The number of hydroxylamine groups is 2. The lowest BCUT2D eigenvalue weighted by Crippen LogP contribution is -2.44. The molecule has 0 spiro atoms. The summed E-state index contributed by atoms with van der Waals surface area (Å²) in [6, 6.07) is 7.24. The highest BCUT2D eigenvalue weighted by molar-refractivity contribution is 6.42. The van der Waals surface area contributed by atoms with E-state index in [2.05, 4.69) is 10.6 Å². The predicted molar refractivity (Wildman–Crippen MR) is 184 cm³/mol. The van der Waals surface area contributed by atoms with Gasteiger partial charge in [-0.3, -0.25) is 39.2 Å². The van der Waals surface area contributed by atoms with Crippen molar-refractivity contribution in [2.45, 2.75) is 38.5 Å². The molecule has 6 N–H and O–H groups in total. The summed E-state index contributed by atoms with van der Waals surface area (Å²) >= 11 is 0. The Morgan fingerprint density at radius 1 is 0.611 bits per heavy atom. The topological polar surface area (TPSA) is 264 Å². The first kappa shape index (κ1) is 39.9. The van der Waals surface area contributed by atoms with Gasteiger partial charge < -0.3 is 30.8 Å². The molecule has 54 heavy (non-hydrogen) atoms. The number of carbonyl (C=O) groups excluding carboxylic acids is 6. The van der Waals surface area contributed by atoms with Crippen LogP contribution < -0.4 is 21.8 Å². The molecule has 20 heteroatoms. The van der Waals surface area contributed by atoms with Gasteiger partial charge in [-0.25, -0.2) is 9.59 Å². The van der Waals surface area contributed by atoms with Crippen LogP contribution in [0.15, 0.2) is 70.3 Å². The third-order valence-electron chi connectivity index (χ3n) is 8.29. The Morgan fingerprint density at radius 2 is 1.06 bits per heavy atom. The SMILES string of the molecule is O=C(NCCCN(CCCCN(CCCNC(=O)c1cccc(=O)n1O)C(=O)C1=[N+](O)C(=O)CC=C1)C(=O)c1cccc(=O)n1O)C1=[N+](O)C(=O)CC=C1. The van der Waals surface area contributed by atoms with Crippen molar-refractivity contribution in [2.24, 2.45) is 0 Å². The van der Waals surface area contributed by atoms with E-state index in [0.29, 0.717) is 0 Å². The molecule has 4 heterocycles. The van der Waals surface area contributed by atoms with Crippen molar-refractivity contribution in [1.82, 2.24) is 29.9 Å². The second-order valence-corrected chi connectivity index (χ2v) is 12.0. The zero-order chi connectivity index (χ0) is 39.4. The number of hydrogen-bond acceptors (Lipinski definition) is 12. The van der Waals surface area contributed by atoms with Crippen molar-refractivity contribution < 1.29 is 59.1 Å². The Morgan fingerprint density at radius 3 is 1.63 bits per heavy atom. The first-order valence-electron chi connectivity index (χ1n) is 16.9. The Kier molecular flexibility index (Phi) is 13.7. The first-order chi connectivity index (χ1) is 25.8. The van der Waals surface area contributed by atoms with Crippen LogP contribution >= 0.6 is 0 Å². The van der Waals surface area contributed by atoms with E-state index >= 15 is 0 Å². The number of carbonyl (C=O) groups is 6. The monoisotopic (exact) mass is 752 g/mol. The van der Waals surface area contributed by atoms with Crippen molar-refractivity contribution in [3.63, 3.8) is 0 Å². The number of nitrogens with one attached hydrogen (secondary N) is 2. The molecular formula is C34H40N8O12+2. The lowest BCUT2D eigenvalue weighted by Gasteiger charge is -2.25. The van der Waals surface area contributed by atoms with Gasteiger partial charge in [0.2, 0.25) is 0 Å². The summed E-state index contributed by atoms with van der Waals surface area (Å²) in [7, 11) is 0. The van der Waals surface area contributed by atoms with Gasteiger partial charge in [-0.1, -0.05) is 24.3 Å². The quantitative estimate of drug-likeness (QED) is 0.0356. The molecule has 0 fully saturated rings. The molecule has 0 bridgehead atoms. The van der Waals surface area contributed by atoms with Gasteiger partial charge in [0, 0.05) is 63.6 Å². The molecule has 2 aromatic heterocycles. The minimum absolute atomic E-state index is 0.0135. The minimum atomic E-state index is -0.834. The lowest BCUT2D eigenvalue weighted by atomic mass is 10.1. The molecule has 2 aliphatic heterocycles. The summed E-state index contributed by atoms with van der Waals surface area (Å²) in [5.41, 5.74) is -2.80. The van der Waals surface area contributed by atoms with Crippen LogP contribution in [-0.2, 0) is 19.2 Å². The Labute approximate surface area is 306 Å². The van der Waals surface area contributed by atoms with Gasteiger partial charge in [0.1, 0.15) is 11.4 Å². The summed E-state index contributed by atoms with van der Waals surface area (Å²) in [6.07, 6.45) is 6.22. The molecule has 4 rings (SSSR count). The fraction of sp³-hybridized carbons (Fsp3) is 0.353. The highest BCUT2D eigenvalue weighted by Crippen LogP contribution is 2.09. The smallest absolute Gasteiger partial charge is 0.425 e. The zero-order valence-electron chi connectivity index (χ0n) is 29.0. The average molecular weight is 753 g/mol. The molecule has 2 aromatic rings.